The lowest BCUT2D eigenvalue weighted by Crippen LogP contribution is -2.47. The molecule has 2 aromatic rings. The molecule has 0 spiro atoms. The van der Waals surface area contributed by atoms with E-state index in [1.54, 1.807) is 24.3 Å². The van der Waals surface area contributed by atoms with Gasteiger partial charge in [-0.05, 0) is 136 Å². The monoisotopic (exact) mass is 887 g/mol. The van der Waals surface area contributed by atoms with Gasteiger partial charge < -0.3 is 28.4 Å². The van der Waals surface area contributed by atoms with E-state index in [0.29, 0.717) is 49.4 Å². The van der Waals surface area contributed by atoms with Crippen molar-refractivity contribution >= 4 is 23.9 Å². The van der Waals surface area contributed by atoms with Crippen molar-refractivity contribution in [2.45, 2.75) is 168 Å². The highest BCUT2D eigenvalue weighted by atomic mass is 16.6. The van der Waals surface area contributed by atoms with E-state index in [9.17, 15) is 19.2 Å². The van der Waals surface area contributed by atoms with Crippen LogP contribution in [-0.2, 0) is 28.5 Å². The molecule has 10 nitrogen and oxygen atoms in total. The minimum Gasteiger partial charge on any atom is -0.490 e. The van der Waals surface area contributed by atoms with E-state index in [0.717, 1.165) is 24.7 Å². The van der Waals surface area contributed by atoms with Gasteiger partial charge in [0.05, 0.1) is 24.3 Å². The van der Waals surface area contributed by atoms with Crippen LogP contribution in [0, 0.1) is 23.7 Å². The van der Waals surface area contributed by atoms with Crippen molar-refractivity contribution in [2.75, 3.05) is 26.4 Å². The lowest BCUT2D eigenvalue weighted by atomic mass is 9.79. The van der Waals surface area contributed by atoms with Crippen LogP contribution < -0.4 is 9.47 Å². The summed E-state index contributed by atoms with van der Waals surface area (Å²) in [5, 5.41) is 0. The Labute approximate surface area is 384 Å². The summed E-state index contributed by atoms with van der Waals surface area (Å²) in [5.74, 6) is 0.109. The molecule has 0 saturated heterocycles. The number of hydrogen-bond donors (Lipinski definition) is 0. The minimum atomic E-state index is -1.93. The Bertz CT molecular complexity index is 1560. The van der Waals surface area contributed by atoms with E-state index in [1.807, 2.05) is 13.8 Å². The van der Waals surface area contributed by atoms with E-state index in [2.05, 4.69) is 38.2 Å². The van der Waals surface area contributed by atoms with Crippen molar-refractivity contribution in [3.8, 4) is 11.5 Å². The number of hydrogen-bond acceptors (Lipinski definition) is 10. The maximum atomic E-state index is 13.6. The number of allylic oxidation sites excluding steroid dienone is 2. The van der Waals surface area contributed by atoms with E-state index in [-0.39, 0.29) is 24.3 Å². The molecule has 0 bridgehead atoms. The van der Waals surface area contributed by atoms with E-state index < -0.39 is 36.1 Å². The number of carbonyl (C=O) groups is 4. The van der Waals surface area contributed by atoms with Gasteiger partial charge in [-0.3, -0.25) is 0 Å². The van der Waals surface area contributed by atoms with Crippen molar-refractivity contribution in [1.29, 1.82) is 0 Å². The Balaban J connectivity index is 1.35. The number of rotatable bonds is 29. The van der Waals surface area contributed by atoms with Crippen LogP contribution in [0.25, 0.3) is 0 Å². The molecule has 2 saturated carbocycles. The standard InChI is InChI=1S/C54H78O10/c1-5-9-13-17-41-21-25-43(26-22-41)19-15-39-59-47-33-29-45(30-34-47)51(55)63-49(53(57)61-37-11-7-3)50(54(58)62-38-12-8-4)64-52(56)46-31-35-48(36-32-46)60-40-16-20-44-27-23-42(24-28-44)18-14-10-6-2/h15-16,19-20,29-36,41-44,49-50H,5-14,17-18,21-28,37-40H2,1-4H3/b19-15+,20-16+/t41-,42-,43-,44-,49-,50-/m1/s1. The summed E-state index contributed by atoms with van der Waals surface area (Å²) in [5.41, 5.74) is 0.204. The van der Waals surface area contributed by atoms with Crippen LogP contribution in [0.2, 0.25) is 0 Å². The molecule has 0 heterocycles. The summed E-state index contributed by atoms with van der Waals surface area (Å²) in [4.78, 5) is 54.3. The van der Waals surface area contributed by atoms with Gasteiger partial charge in [-0.2, -0.15) is 0 Å². The molecule has 2 fully saturated rings. The fourth-order valence-electron chi connectivity index (χ4n) is 8.50. The van der Waals surface area contributed by atoms with Crippen LogP contribution in [0.4, 0.5) is 0 Å². The second kappa shape index (κ2) is 30.5. The zero-order valence-electron chi connectivity index (χ0n) is 39.4. The highest BCUT2D eigenvalue weighted by Crippen LogP contribution is 2.34. The first-order valence-electron chi connectivity index (χ1n) is 24.8. The Morgan fingerprint density at radius 2 is 0.859 bits per heavy atom. The van der Waals surface area contributed by atoms with Gasteiger partial charge in [0, 0.05) is 0 Å². The SMILES string of the molecule is CCCCC[C@H]1CC[C@H](/C=C/COc2ccc(C(=O)O[C@@H](C(=O)OCCCC)[C@@H](OC(=O)c3ccc(OC/C=C/[C@H]4CC[C@H](CCCCC)CC4)cc3)C(=O)OCCCC)cc2)CC1. The van der Waals surface area contributed by atoms with Gasteiger partial charge in [-0.15, -0.1) is 0 Å². The highest BCUT2D eigenvalue weighted by molar-refractivity contribution is 5.96. The lowest BCUT2D eigenvalue weighted by Gasteiger charge is -2.26. The van der Waals surface area contributed by atoms with Crippen LogP contribution in [0.3, 0.4) is 0 Å². The predicted octanol–water partition coefficient (Wildman–Crippen LogP) is 12.8. The molecule has 0 aliphatic heterocycles. The first-order chi connectivity index (χ1) is 31.2. The molecule has 4 rings (SSSR count). The summed E-state index contributed by atoms with van der Waals surface area (Å²) in [7, 11) is 0. The normalized spacial score (nSPS) is 19.8. The summed E-state index contributed by atoms with van der Waals surface area (Å²) >= 11 is 0. The molecular weight excluding hydrogens is 809 g/mol. The van der Waals surface area contributed by atoms with Gasteiger partial charge in [-0.1, -0.05) is 116 Å². The zero-order chi connectivity index (χ0) is 45.8. The van der Waals surface area contributed by atoms with Crippen molar-refractivity contribution in [3.05, 3.63) is 84.0 Å². The fraction of sp³-hybridized carbons (Fsp3) is 0.630. The van der Waals surface area contributed by atoms with Crippen LogP contribution in [-0.4, -0.2) is 62.5 Å². The Hall–Kier alpha value is -4.60. The van der Waals surface area contributed by atoms with Crippen molar-refractivity contribution in [1.82, 2.24) is 0 Å². The molecule has 64 heavy (non-hydrogen) atoms. The highest BCUT2D eigenvalue weighted by Gasteiger charge is 2.43. The van der Waals surface area contributed by atoms with Crippen molar-refractivity contribution in [2.24, 2.45) is 23.7 Å². The first-order valence-corrected chi connectivity index (χ1v) is 24.8. The van der Waals surface area contributed by atoms with Gasteiger partial charge in [0.15, 0.2) is 0 Å². The van der Waals surface area contributed by atoms with Gasteiger partial charge in [-0.25, -0.2) is 19.2 Å². The summed E-state index contributed by atoms with van der Waals surface area (Å²) in [6.45, 7) is 9.20. The number of unbranched alkanes of at least 4 members (excludes halogenated alkanes) is 6. The third kappa shape index (κ3) is 19.2. The van der Waals surface area contributed by atoms with Gasteiger partial charge in [0.2, 0.25) is 12.2 Å². The molecule has 0 N–H and O–H groups in total. The first kappa shape index (κ1) is 52.0. The molecule has 2 aromatic carbocycles. The second-order valence-electron chi connectivity index (χ2n) is 17.8. The fourth-order valence-corrected chi connectivity index (χ4v) is 8.50. The summed E-state index contributed by atoms with van der Waals surface area (Å²) in [6.07, 6.45) is 27.9. The topological polar surface area (TPSA) is 124 Å². The summed E-state index contributed by atoms with van der Waals surface area (Å²) in [6, 6.07) is 12.6. The summed E-state index contributed by atoms with van der Waals surface area (Å²) < 4.78 is 34.0. The zero-order valence-corrected chi connectivity index (χ0v) is 39.4. The lowest BCUT2D eigenvalue weighted by molar-refractivity contribution is -0.174. The van der Waals surface area contributed by atoms with Gasteiger partial charge >= 0.3 is 23.9 Å². The molecule has 0 unspecified atom stereocenters. The number of carbonyl (C=O) groups excluding carboxylic acids is 4. The van der Waals surface area contributed by atoms with E-state index in [1.165, 1.54) is 127 Å². The maximum absolute atomic E-state index is 13.6. The van der Waals surface area contributed by atoms with Gasteiger partial charge in [0.1, 0.15) is 24.7 Å². The Morgan fingerprint density at radius 3 is 1.20 bits per heavy atom. The molecular formula is C54H78O10. The van der Waals surface area contributed by atoms with E-state index in [4.69, 9.17) is 28.4 Å². The maximum Gasteiger partial charge on any atom is 0.352 e. The van der Waals surface area contributed by atoms with Crippen LogP contribution in [0.15, 0.2) is 72.8 Å². The molecule has 0 amide bonds. The minimum absolute atomic E-state index is 0.0205. The van der Waals surface area contributed by atoms with Crippen molar-refractivity contribution < 1.29 is 47.6 Å². The number of benzene rings is 2. The average Bonchev–Trinajstić information content (AvgIpc) is 3.31. The third-order valence-electron chi connectivity index (χ3n) is 12.6. The van der Waals surface area contributed by atoms with Crippen LogP contribution in [0.1, 0.15) is 177 Å². The molecule has 0 aromatic heterocycles. The Morgan fingerprint density at radius 1 is 0.500 bits per heavy atom. The molecule has 10 heteroatoms. The number of ether oxygens (including phenoxy) is 6. The molecule has 0 radical (unpaired) electrons. The quantitative estimate of drug-likeness (QED) is 0.0337. The molecule has 2 atom stereocenters. The predicted molar refractivity (Wildman–Crippen MR) is 251 cm³/mol. The molecule has 354 valence electrons. The van der Waals surface area contributed by atoms with Crippen LogP contribution >= 0.6 is 0 Å². The third-order valence-corrected chi connectivity index (χ3v) is 12.6. The Kier molecular flexibility index (Phi) is 24.8. The second-order valence-corrected chi connectivity index (χ2v) is 17.8. The van der Waals surface area contributed by atoms with Gasteiger partial charge in [0.25, 0.3) is 0 Å². The molecule has 2 aliphatic rings. The average molecular weight is 887 g/mol. The largest absolute Gasteiger partial charge is 0.490 e. The number of esters is 4. The smallest absolute Gasteiger partial charge is 0.352 e. The van der Waals surface area contributed by atoms with Crippen LogP contribution in [0.5, 0.6) is 11.5 Å². The van der Waals surface area contributed by atoms with Crippen molar-refractivity contribution in [3.63, 3.8) is 0 Å². The van der Waals surface area contributed by atoms with E-state index >= 15 is 0 Å². The molecule has 2 aliphatic carbocycles.